The van der Waals surface area contributed by atoms with E-state index in [2.05, 4.69) is 11.9 Å². The summed E-state index contributed by atoms with van der Waals surface area (Å²) in [6, 6.07) is 5.92. The van der Waals surface area contributed by atoms with E-state index in [9.17, 15) is 9.18 Å². The highest BCUT2D eigenvalue weighted by atomic mass is 19.1. The number of nitrogens with zero attached hydrogens (tertiary/aromatic N) is 1. The third-order valence-electron chi connectivity index (χ3n) is 3.02. The van der Waals surface area contributed by atoms with Gasteiger partial charge in [0.05, 0.1) is 6.20 Å². The second-order valence-corrected chi connectivity index (χ2v) is 4.74. The molecule has 0 radical (unpaired) electrons. The Balaban J connectivity index is 1.86. The van der Waals surface area contributed by atoms with E-state index < -0.39 is 0 Å². The van der Waals surface area contributed by atoms with Gasteiger partial charge in [0.15, 0.2) is 12.4 Å². The van der Waals surface area contributed by atoms with Crippen LogP contribution >= 0.6 is 0 Å². The number of unbranched alkanes of at least 4 members (excludes halogenated alkanes) is 2. The zero-order valence-electron chi connectivity index (χ0n) is 12.0. The monoisotopic (exact) mass is 291 g/mol. The lowest BCUT2D eigenvalue weighted by Crippen LogP contribution is -2.04. The lowest BCUT2D eigenvalue weighted by atomic mass is 10.2. The third-order valence-corrected chi connectivity index (χ3v) is 3.02. The van der Waals surface area contributed by atoms with Crippen LogP contribution in [0.4, 0.5) is 4.39 Å². The molecule has 0 aliphatic rings. The highest BCUT2D eigenvalue weighted by molar-refractivity contribution is 5.69. The van der Waals surface area contributed by atoms with Gasteiger partial charge in [0.1, 0.15) is 5.82 Å². The molecule has 0 spiro atoms. The number of carbonyl (C=O) groups excluding carboxylic acids is 1. The van der Waals surface area contributed by atoms with Gasteiger partial charge < -0.3 is 9.15 Å². The summed E-state index contributed by atoms with van der Waals surface area (Å²) in [5, 5.41) is 0. The lowest BCUT2D eigenvalue weighted by Gasteiger charge is -2.01. The van der Waals surface area contributed by atoms with Gasteiger partial charge in [0.2, 0.25) is 5.89 Å². The van der Waals surface area contributed by atoms with Crippen LogP contribution in [0.1, 0.15) is 38.5 Å². The Morgan fingerprint density at radius 2 is 2.05 bits per heavy atom. The van der Waals surface area contributed by atoms with Crippen molar-refractivity contribution in [2.75, 3.05) is 0 Å². The van der Waals surface area contributed by atoms with Crippen LogP contribution in [0.15, 0.2) is 34.9 Å². The fraction of sp³-hybridized carbons (Fsp3) is 0.375. The van der Waals surface area contributed by atoms with E-state index in [0.29, 0.717) is 18.1 Å². The van der Waals surface area contributed by atoms with Crippen LogP contribution in [0.5, 0.6) is 0 Å². The van der Waals surface area contributed by atoms with Gasteiger partial charge in [-0.25, -0.2) is 9.37 Å². The van der Waals surface area contributed by atoms with Crippen molar-refractivity contribution in [2.24, 2.45) is 0 Å². The van der Waals surface area contributed by atoms with E-state index in [1.54, 1.807) is 12.1 Å². The minimum Gasteiger partial charge on any atom is -0.456 e. The summed E-state index contributed by atoms with van der Waals surface area (Å²) < 4.78 is 23.4. The molecule has 1 aromatic heterocycles. The van der Waals surface area contributed by atoms with Crippen LogP contribution in [0.3, 0.4) is 0 Å². The molecule has 21 heavy (non-hydrogen) atoms. The molecule has 0 aliphatic carbocycles. The van der Waals surface area contributed by atoms with Crippen LogP contribution in [0.25, 0.3) is 11.3 Å². The van der Waals surface area contributed by atoms with E-state index >= 15 is 0 Å². The topological polar surface area (TPSA) is 52.3 Å². The normalized spacial score (nSPS) is 10.6. The average molecular weight is 291 g/mol. The predicted octanol–water partition coefficient (Wildman–Crippen LogP) is 4.10. The van der Waals surface area contributed by atoms with Crippen molar-refractivity contribution in [1.29, 1.82) is 0 Å². The van der Waals surface area contributed by atoms with Gasteiger partial charge in [0.25, 0.3) is 0 Å². The molecule has 0 bridgehead atoms. The smallest absolute Gasteiger partial charge is 0.306 e. The first-order valence-corrected chi connectivity index (χ1v) is 7.05. The van der Waals surface area contributed by atoms with Crippen LogP contribution in [0.2, 0.25) is 0 Å². The maximum absolute atomic E-state index is 12.8. The van der Waals surface area contributed by atoms with Gasteiger partial charge in [0, 0.05) is 12.0 Å². The molecule has 1 heterocycles. The molecule has 2 aromatic rings. The highest BCUT2D eigenvalue weighted by Gasteiger charge is 2.09. The fourth-order valence-corrected chi connectivity index (χ4v) is 1.86. The molecule has 0 fully saturated rings. The Hall–Kier alpha value is -2.17. The number of halogens is 1. The van der Waals surface area contributed by atoms with E-state index in [-0.39, 0.29) is 18.4 Å². The molecule has 0 saturated carbocycles. The number of aromatic nitrogens is 1. The molecule has 0 saturated heterocycles. The quantitative estimate of drug-likeness (QED) is 0.569. The molecule has 0 N–H and O–H groups in total. The Labute approximate surface area is 122 Å². The number of rotatable bonds is 7. The van der Waals surface area contributed by atoms with Crippen molar-refractivity contribution in [3.05, 3.63) is 42.2 Å². The number of carbonyl (C=O) groups is 1. The molecular formula is C16H18FNO3. The molecule has 0 amide bonds. The number of ether oxygens (including phenoxy) is 1. The lowest BCUT2D eigenvalue weighted by molar-refractivity contribution is -0.145. The van der Waals surface area contributed by atoms with Crippen LogP contribution in [-0.4, -0.2) is 11.0 Å². The van der Waals surface area contributed by atoms with E-state index in [0.717, 1.165) is 24.8 Å². The van der Waals surface area contributed by atoms with Crippen molar-refractivity contribution in [1.82, 2.24) is 4.98 Å². The SMILES string of the molecule is CCCCCC(=O)OCc1ncc(-c2ccc(F)cc2)o1. The highest BCUT2D eigenvalue weighted by Crippen LogP contribution is 2.20. The van der Waals surface area contributed by atoms with Crippen molar-refractivity contribution >= 4 is 5.97 Å². The Morgan fingerprint density at radius 1 is 1.29 bits per heavy atom. The zero-order valence-corrected chi connectivity index (χ0v) is 12.0. The van der Waals surface area contributed by atoms with E-state index in [1.165, 1.54) is 18.3 Å². The van der Waals surface area contributed by atoms with Gasteiger partial charge in [-0.05, 0) is 30.7 Å². The molecule has 1 aromatic carbocycles. The Morgan fingerprint density at radius 3 is 2.76 bits per heavy atom. The number of hydrogen-bond acceptors (Lipinski definition) is 4. The zero-order chi connectivity index (χ0) is 15.1. The first-order valence-electron chi connectivity index (χ1n) is 7.05. The Bertz CT molecular complexity index is 577. The van der Waals surface area contributed by atoms with Gasteiger partial charge in [-0.3, -0.25) is 4.79 Å². The average Bonchev–Trinajstić information content (AvgIpc) is 2.95. The number of oxazole rings is 1. The van der Waals surface area contributed by atoms with Crippen molar-refractivity contribution in [2.45, 2.75) is 39.2 Å². The van der Waals surface area contributed by atoms with Crippen molar-refractivity contribution < 1.29 is 18.3 Å². The summed E-state index contributed by atoms with van der Waals surface area (Å²) in [7, 11) is 0. The molecule has 0 unspecified atom stereocenters. The summed E-state index contributed by atoms with van der Waals surface area (Å²) in [6.45, 7) is 2.10. The molecule has 5 heteroatoms. The molecule has 2 rings (SSSR count). The van der Waals surface area contributed by atoms with Gasteiger partial charge in [-0.2, -0.15) is 0 Å². The number of benzene rings is 1. The third kappa shape index (κ3) is 4.70. The standard InChI is InChI=1S/C16H18FNO3/c1-2-3-4-5-16(19)20-11-15-18-10-14(21-15)12-6-8-13(17)9-7-12/h6-10H,2-5,11H2,1H3. The summed E-state index contributed by atoms with van der Waals surface area (Å²) in [5.74, 6) is 0.301. The predicted molar refractivity (Wildman–Crippen MR) is 75.8 cm³/mol. The largest absolute Gasteiger partial charge is 0.456 e. The molecule has 112 valence electrons. The first kappa shape index (κ1) is 15.2. The molecular weight excluding hydrogens is 273 g/mol. The molecule has 4 nitrogen and oxygen atoms in total. The van der Waals surface area contributed by atoms with Crippen molar-refractivity contribution in [3.63, 3.8) is 0 Å². The second kappa shape index (κ2) is 7.57. The van der Waals surface area contributed by atoms with Crippen LogP contribution in [0, 0.1) is 5.82 Å². The summed E-state index contributed by atoms with van der Waals surface area (Å²) >= 11 is 0. The fourth-order valence-electron chi connectivity index (χ4n) is 1.86. The number of hydrogen-bond donors (Lipinski definition) is 0. The van der Waals surface area contributed by atoms with Crippen molar-refractivity contribution in [3.8, 4) is 11.3 Å². The number of esters is 1. The van der Waals surface area contributed by atoms with E-state index in [4.69, 9.17) is 9.15 Å². The molecule has 0 aliphatic heterocycles. The minimum absolute atomic E-state index is 0.0200. The summed E-state index contributed by atoms with van der Waals surface area (Å²) in [6.07, 6.45) is 4.87. The Kier molecular flexibility index (Phi) is 5.49. The van der Waals surface area contributed by atoms with Gasteiger partial charge >= 0.3 is 5.97 Å². The summed E-state index contributed by atoms with van der Waals surface area (Å²) in [4.78, 5) is 15.5. The van der Waals surface area contributed by atoms with E-state index in [1.807, 2.05) is 0 Å². The van der Waals surface area contributed by atoms with Gasteiger partial charge in [-0.15, -0.1) is 0 Å². The van der Waals surface area contributed by atoms with Gasteiger partial charge in [-0.1, -0.05) is 19.8 Å². The van der Waals surface area contributed by atoms with Crippen LogP contribution < -0.4 is 0 Å². The maximum atomic E-state index is 12.8. The summed E-state index contributed by atoms with van der Waals surface area (Å²) in [5.41, 5.74) is 0.726. The first-order chi connectivity index (χ1) is 10.2. The molecule has 0 atom stereocenters. The maximum Gasteiger partial charge on any atom is 0.306 e. The second-order valence-electron chi connectivity index (χ2n) is 4.74. The minimum atomic E-state index is -0.306. The van der Waals surface area contributed by atoms with Crippen LogP contribution in [-0.2, 0) is 16.1 Å².